The van der Waals surface area contributed by atoms with Gasteiger partial charge in [0.2, 0.25) is 0 Å². The number of ether oxygens (including phenoxy) is 1. The minimum atomic E-state index is -0.610. The maximum atomic E-state index is 11.5. The van der Waals surface area contributed by atoms with Gasteiger partial charge in [-0.25, -0.2) is 4.79 Å². The largest absolute Gasteiger partial charge is 0.438 e. The molecule has 1 fully saturated rings. The van der Waals surface area contributed by atoms with Gasteiger partial charge in [0, 0.05) is 5.56 Å². The third-order valence-corrected chi connectivity index (χ3v) is 4.39. The van der Waals surface area contributed by atoms with E-state index in [2.05, 4.69) is 17.4 Å². The number of carbonyl (C=O) groups excluding carboxylic acids is 1. The molecule has 1 amide bonds. The second kappa shape index (κ2) is 4.77. The molecular weight excluding hydrogens is 254 g/mol. The standard InChI is InChI=1S/C16H21NO3/c1-16(2)13-9-11(10-4-3-5-12(18)8-10)6-7-14(13)17-15(19)20-16/h6-7,9-10,12,18H,3-5,8H2,1-2H3,(H,17,19). The molecule has 2 unspecified atom stereocenters. The smallest absolute Gasteiger partial charge is 0.412 e. The van der Waals surface area contributed by atoms with E-state index in [0.29, 0.717) is 5.92 Å². The Labute approximate surface area is 119 Å². The molecular formula is C16H21NO3. The van der Waals surface area contributed by atoms with E-state index in [1.807, 2.05) is 19.9 Å². The number of hydrogen-bond acceptors (Lipinski definition) is 3. The van der Waals surface area contributed by atoms with Crippen LogP contribution in [0, 0.1) is 0 Å². The number of fused-ring (bicyclic) bond motifs is 1. The molecule has 1 aromatic rings. The van der Waals surface area contributed by atoms with Gasteiger partial charge in [-0.05, 0) is 56.7 Å². The third-order valence-electron chi connectivity index (χ3n) is 4.39. The molecule has 3 rings (SSSR count). The highest BCUT2D eigenvalue weighted by Crippen LogP contribution is 2.40. The molecule has 1 aliphatic carbocycles. The van der Waals surface area contributed by atoms with Gasteiger partial charge in [0.25, 0.3) is 0 Å². The van der Waals surface area contributed by atoms with Crippen molar-refractivity contribution in [2.45, 2.75) is 57.2 Å². The maximum absolute atomic E-state index is 11.5. The van der Waals surface area contributed by atoms with Crippen molar-refractivity contribution in [3.8, 4) is 0 Å². The zero-order valence-corrected chi connectivity index (χ0v) is 12.0. The van der Waals surface area contributed by atoms with E-state index in [1.165, 1.54) is 5.56 Å². The minimum Gasteiger partial charge on any atom is -0.438 e. The van der Waals surface area contributed by atoms with E-state index in [0.717, 1.165) is 36.9 Å². The number of aliphatic hydroxyl groups is 1. The van der Waals surface area contributed by atoms with Crippen molar-refractivity contribution in [1.82, 2.24) is 0 Å². The first-order valence-electron chi connectivity index (χ1n) is 7.28. The van der Waals surface area contributed by atoms with Crippen molar-refractivity contribution >= 4 is 11.8 Å². The van der Waals surface area contributed by atoms with E-state index < -0.39 is 11.7 Å². The summed E-state index contributed by atoms with van der Waals surface area (Å²) in [5.41, 5.74) is 2.46. The normalized spacial score (nSPS) is 28.2. The van der Waals surface area contributed by atoms with E-state index in [-0.39, 0.29) is 6.10 Å². The van der Waals surface area contributed by atoms with E-state index in [1.54, 1.807) is 0 Å². The molecule has 108 valence electrons. The van der Waals surface area contributed by atoms with E-state index >= 15 is 0 Å². The fourth-order valence-corrected chi connectivity index (χ4v) is 3.31. The molecule has 1 saturated carbocycles. The Morgan fingerprint density at radius 1 is 1.35 bits per heavy atom. The van der Waals surface area contributed by atoms with Crippen LogP contribution in [0.4, 0.5) is 10.5 Å². The maximum Gasteiger partial charge on any atom is 0.412 e. The third kappa shape index (κ3) is 2.40. The number of amides is 1. The first kappa shape index (κ1) is 13.4. The van der Waals surface area contributed by atoms with Crippen LogP contribution in [0.2, 0.25) is 0 Å². The van der Waals surface area contributed by atoms with Gasteiger partial charge in [0.05, 0.1) is 11.8 Å². The molecule has 2 atom stereocenters. The monoisotopic (exact) mass is 275 g/mol. The molecule has 2 N–H and O–H groups in total. The molecule has 1 aliphatic heterocycles. The SMILES string of the molecule is CC1(C)OC(=O)Nc2ccc(C3CCCC(O)C3)cc21. The molecule has 1 heterocycles. The van der Waals surface area contributed by atoms with Crippen LogP contribution in [0.25, 0.3) is 0 Å². The Morgan fingerprint density at radius 2 is 2.15 bits per heavy atom. The Balaban J connectivity index is 1.94. The van der Waals surface area contributed by atoms with Crippen LogP contribution in [0.5, 0.6) is 0 Å². The minimum absolute atomic E-state index is 0.186. The molecule has 2 aliphatic rings. The number of carbonyl (C=O) groups is 1. The summed E-state index contributed by atoms with van der Waals surface area (Å²) in [6.45, 7) is 3.81. The summed E-state index contributed by atoms with van der Waals surface area (Å²) in [6.07, 6.45) is 3.33. The predicted molar refractivity (Wildman–Crippen MR) is 76.8 cm³/mol. The lowest BCUT2D eigenvalue weighted by molar-refractivity contribution is 0.0419. The molecule has 0 saturated heterocycles. The first-order chi connectivity index (χ1) is 9.45. The molecule has 0 aromatic heterocycles. The number of hydrogen-bond donors (Lipinski definition) is 2. The lowest BCUT2D eigenvalue weighted by atomic mass is 9.80. The van der Waals surface area contributed by atoms with Gasteiger partial charge >= 0.3 is 6.09 Å². The molecule has 0 bridgehead atoms. The number of cyclic esters (lactones) is 1. The van der Waals surface area contributed by atoms with Gasteiger partial charge in [-0.1, -0.05) is 12.5 Å². The average molecular weight is 275 g/mol. The molecule has 20 heavy (non-hydrogen) atoms. The van der Waals surface area contributed by atoms with Crippen LogP contribution in [0.1, 0.15) is 56.6 Å². The second-order valence-corrected chi connectivity index (χ2v) is 6.35. The van der Waals surface area contributed by atoms with Crippen LogP contribution >= 0.6 is 0 Å². The average Bonchev–Trinajstić information content (AvgIpc) is 2.37. The van der Waals surface area contributed by atoms with Gasteiger partial charge in [0.1, 0.15) is 5.60 Å². The van der Waals surface area contributed by atoms with Crippen LogP contribution < -0.4 is 5.32 Å². The predicted octanol–water partition coefficient (Wildman–Crippen LogP) is 3.50. The summed E-state index contributed by atoms with van der Waals surface area (Å²) in [7, 11) is 0. The summed E-state index contributed by atoms with van der Waals surface area (Å²) in [6, 6.07) is 6.13. The quantitative estimate of drug-likeness (QED) is 0.824. The van der Waals surface area contributed by atoms with Crippen LogP contribution in [-0.2, 0) is 10.3 Å². The van der Waals surface area contributed by atoms with Gasteiger partial charge in [-0.2, -0.15) is 0 Å². The summed E-state index contributed by atoms with van der Waals surface area (Å²) in [5.74, 6) is 0.400. The zero-order valence-electron chi connectivity index (χ0n) is 12.0. The van der Waals surface area contributed by atoms with Gasteiger partial charge < -0.3 is 9.84 Å². The summed E-state index contributed by atoms with van der Waals surface area (Å²) < 4.78 is 5.36. The Kier molecular flexibility index (Phi) is 3.21. The molecule has 0 radical (unpaired) electrons. The Hall–Kier alpha value is -1.55. The summed E-state index contributed by atoms with van der Waals surface area (Å²) in [4.78, 5) is 11.5. The topological polar surface area (TPSA) is 58.6 Å². The lowest BCUT2D eigenvalue weighted by Gasteiger charge is -2.34. The highest BCUT2D eigenvalue weighted by atomic mass is 16.6. The van der Waals surface area contributed by atoms with Crippen molar-refractivity contribution in [1.29, 1.82) is 0 Å². The van der Waals surface area contributed by atoms with E-state index in [9.17, 15) is 9.90 Å². The highest BCUT2D eigenvalue weighted by molar-refractivity contribution is 5.88. The van der Waals surface area contributed by atoms with Crippen molar-refractivity contribution in [2.24, 2.45) is 0 Å². The molecule has 0 spiro atoms. The number of benzene rings is 1. The number of aliphatic hydroxyl groups excluding tert-OH is 1. The Bertz CT molecular complexity index is 539. The Morgan fingerprint density at radius 3 is 2.90 bits per heavy atom. The van der Waals surface area contributed by atoms with E-state index in [4.69, 9.17) is 4.74 Å². The van der Waals surface area contributed by atoms with Crippen LogP contribution in [-0.4, -0.2) is 17.3 Å². The zero-order chi connectivity index (χ0) is 14.3. The highest BCUT2D eigenvalue weighted by Gasteiger charge is 2.34. The van der Waals surface area contributed by atoms with Gasteiger partial charge in [-0.3, -0.25) is 5.32 Å². The fourth-order valence-electron chi connectivity index (χ4n) is 3.31. The first-order valence-corrected chi connectivity index (χ1v) is 7.28. The van der Waals surface area contributed by atoms with Crippen LogP contribution in [0.15, 0.2) is 18.2 Å². The van der Waals surface area contributed by atoms with Crippen molar-refractivity contribution in [3.63, 3.8) is 0 Å². The fraction of sp³-hybridized carbons (Fsp3) is 0.562. The summed E-state index contributed by atoms with van der Waals surface area (Å²) in [5, 5.41) is 12.6. The van der Waals surface area contributed by atoms with Gasteiger partial charge in [-0.15, -0.1) is 0 Å². The molecule has 4 nitrogen and oxygen atoms in total. The number of rotatable bonds is 1. The molecule has 4 heteroatoms. The summed E-state index contributed by atoms with van der Waals surface area (Å²) >= 11 is 0. The van der Waals surface area contributed by atoms with Gasteiger partial charge in [0.15, 0.2) is 0 Å². The number of nitrogens with one attached hydrogen (secondary N) is 1. The second-order valence-electron chi connectivity index (χ2n) is 6.35. The van der Waals surface area contributed by atoms with Crippen molar-refractivity contribution in [2.75, 3.05) is 5.32 Å². The lowest BCUT2D eigenvalue weighted by Crippen LogP contribution is -2.35. The molecule has 1 aromatic carbocycles. The van der Waals surface area contributed by atoms with Crippen molar-refractivity contribution in [3.05, 3.63) is 29.3 Å². The van der Waals surface area contributed by atoms with Crippen molar-refractivity contribution < 1.29 is 14.6 Å². The van der Waals surface area contributed by atoms with Crippen LogP contribution in [0.3, 0.4) is 0 Å². The number of anilines is 1.